The van der Waals surface area contributed by atoms with Crippen molar-refractivity contribution in [3.63, 3.8) is 0 Å². The molecule has 3 N–H and O–H groups in total. The van der Waals surface area contributed by atoms with Crippen molar-refractivity contribution in [2.75, 3.05) is 5.32 Å². The Balaban J connectivity index is 2.09. The summed E-state index contributed by atoms with van der Waals surface area (Å²) in [5, 5.41) is 6.61. The molecule has 0 radical (unpaired) electrons. The lowest BCUT2D eigenvalue weighted by Crippen LogP contribution is -2.35. The summed E-state index contributed by atoms with van der Waals surface area (Å²) in [5.74, 6) is -0.546. The summed E-state index contributed by atoms with van der Waals surface area (Å²) in [5.41, 5.74) is 4.89. The molecule has 124 valence electrons. The van der Waals surface area contributed by atoms with Crippen LogP contribution in [0.1, 0.15) is 34.8 Å². The van der Waals surface area contributed by atoms with Crippen molar-refractivity contribution >= 4 is 43.6 Å². The number of fused-ring (bicyclic) bond motifs is 1. The van der Waals surface area contributed by atoms with Gasteiger partial charge in [-0.05, 0) is 44.0 Å². The fourth-order valence-electron chi connectivity index (χ4n) is 2.45. The Morgan fingerprint density at radius 3 is 2.65 bits per heavy atom. The van der Waals surface area contributed by atoms with Crippen molar-refractivity contribution in [2.45, 2.75) is 24.7 Å². The molecule has 0 spiro atoms. The van der Waals surface area contributed by atoms with Gasteiger partial charge in [0, 0.05) is 6.42 Å². The van der Waals surface area contributed by atoms with E-state index >= 15 is 0 Å². The molecule has 0 aromatic carbocycles. The maximum absolute atomic E-state index is 13.4. The largest absolute Gasteiger partial charge is 0.452 e. The molecule has 1 aliphatic rings. The van der Waals surface area contributed by atoms with Gasteiger partial charge in [-0.25, -0.2) is 4.68 Å². The lowest BCUT2D eigenvalue weighted by Gasteiger charge is -2.32. The Kier molecular flexibility index (Phi) is 3.95. The van der Waals surface area contributed by atoms with E-state index in [9.17, 15) is 18.0 Å². The zero-order chi connectivity index (χ0) is 16.9. The lowest BCUT2D eigenvalue weighted by atomic mass is 10.0. The van der Waals surface area contributed by atoms with Crippen LogP contribution in [0.5, 0.6) is 0 Å². The predicted octanol–water partition coefficient (Wildman–Crippen LogP) is 3.76. The number of hydrogen-bond donors (Lipinski definition) is 2. The molecule has 1 aliphatic heterocycles. The minimum absolute atomic E-state index is 0.0323. The molecule has 11 heteroatoms. The number of amides is 1. The number of nitrogens with zero attached hydrogens (tertiary/aromatic N) is 2. The zero-order valence-electron chi connectivity index (χ0n) is 11.2. The SMILES string of the molecule is NC(=O)c1nn2c(c1Br)N[C@@H](c1ccc(Br)o1)C[C@H]2C(F)(F)F. The van der Waals surface area contributed by atoms with Crippen LogP contribution in [-0.2, 0) is 0 Å². The Labute approximate surface area is 144 Å². The fourth-order valence-corrected chi connectivity index (χ4v) is 3.34. The number of halogens is 5. The summed E-state index contributed by atoms with van der Waals surface area (Å²) in [6.07, 6.45) is -4.87. The summed E-state index contributed by atoms with van der Waals surface area (Å²) in [7, 11) is 0. The van der Waals surface area contributed by atoms with Crippen molar-refractivity contribution in [3.8, 4) is 0 Å². The molecule has 6 nitrogen and oxygen atoms in total. The summed E-state index contributed by atoms with van der Waals surface area (Å²) in [6.45, 7) is 0. The van der Waals surface area contributed by atoms with E-state index in [1.165, 1.54) is 0 Å². The molecule has 0 saturated heterocycles. The van der Waals surface area contributed by atoms with Crippen molar-refractivity contribution in [1.29, 1.82) is 0 Å². The van der Waals surface area contributed by atoms with Gasteiger partial charge in [-0.15, -0.1) is 0 Å². The van der Waals surface area contributed by atoms with Crippen molar-refractivity contribution in [2.24, 2.45) is 5.73 Å². The Morgan fingerprint density at radius 2 is 2.13 bits per heavy atom. The lowest BCUT2D eigenvalue weighted by molar-refractivity contribution is -0.174. The third-order valence-corrected chi connectivity index (χ3v) is 4.64. The van der Waals surface area contributed by atoms with Crippen molar-refractivity contribution in [1.82, 2.24) is 9.78 Å². The highest BCUT2D eigenvalue weighted by molar-refractivity contribution is 9.10. The van der Waals surface area contributed by atoms with E-state index in [-0.39, 0.29) is 22.4 Å². The first-order valence-corrected chi connectivity index (χ1v) is 7.93. The van der Waals surface area contributed by atoms with Crippen LogP contribution >= 0.6 is 31.9 Å². The Bertz CT molecular complexity index is 771. The second-order valence-electron chi connectivity index (χ2n) is 4.95. The average molecular weight is 458 g/mol. The molecular weight excluding hydrogens is 449 g/mol. The van der Waals surface area contributed by atoms with Crippen LogP contribution < -0.4 is 11.1 Å². The van der Waals surface area contributed by atoms with Gasteiger partial charge < -0.3 is 15.5 Å². The number of nitrogens with one attached hydrogen (secondary N) is 1. The molecular formula is C12H9Br2F3N4O2. The molecule has 3 rings (SSSR count). The molecule has 0 saturated carbocycles. The van der Waals surface area contributed by atoms with Gasteiger partial charge >= 0.3 is 6.18 Å². The van der Waals surface area contributed by atoms with E-state index in [1.807, 2.05) is 0 Å². The van der Waals surface area contributed by atoms with E-state index in [0.29, 0.717) is 10.4 Å². The number of anilines is 1. The number of carbonyl (C=O) groups excluding carboxylic acids is 1. The van der Waals surface area contributed by atoms with Gasteiger partial charge in [0.25, 0.3) is 5.91 Å². The number of aromatic nitrogens is 2. The number of primary amides is 1. The van der Waals surface area contributed by atoms with E-state index < -0.39 is 24.2 Å². The van der Waals surface area contributed by atoms with Gasteiger partial charge in [0.15, 0.2) is 16.4 Å². The average Bonchev–Trinajstić information content (AvgIpc) is 3.01. The monoisotopic (exact) mass is 456 g/mol. The van der Waals surface area contributed by atoms with Crippen molar-refractivity contribution in [3.05, 3.63) is 32.7 Å². The van der Waals surface area contributed by atoms with Crippen LogP contribution in [0.15, 0.2) is 25.7 Å². The molecule has 0 aliphatic carbocycles. The van der Waals surface area contributed by atoms with Crippen LogP contribution in [-0.4, -0.2) is 21.9 Å². The van der Waals surface area contributed by atoms with E-state index in [0.717, 1.165) is 4.68 Å². The topological polar surface area (TPSA) is 86.1 Å². The molecule has 2 aromatic rings. The summed E-state index contributed by atoms with van der Waals surface area (Å²) >= 11 is 6.20. The number of hydrogen-bond acceptors (Lipinski definition) is 4. The predicted molar refractivity (Wildman–Crippen MR) is 80.9 cm³/mol. The highest BCUT2D eigenvalue weighted by Crippen LogP contribution is 2.46. The minimum Gasteiger partial charge on any atom is -0.452 e. The molecule has 2 atom stereocenters. The van der Waals surface area contributed by atoms with Gasteiger partial charge in [0.05, 0.1) is 10.5 Å². The highest BCUT2D eigenvalue weighted by atomic mass is 79.9. The smallest absolute Gasteiger partial charge is 0.410 e. The second kappa shape index (κ2) is 5.55. The second-order valence-corrected chi connectivity index (χ2v) is 6.53. The van der Waals surface area contributed by atoms with Gasteiger partial charge in [-0.1, -0.05) is 0 Å². The fraction of sp³-hybridized carbons (Fsp3) is 0.333. The minimum atomic E-state index is -4.54. The van der Waals surface area contributed by atoms with E-state index in [1.54, 1.807) is 12.1 Å². The molecule has 0 fully saturated rings. The summed E-state index contributed by atoms with van der Waals surface area (Å²) in [4.78, 5) is 11.3. The first kappa shape index (κ1) is 16.4. The molecule has 2 aromatic heterocycles. The number of carbonyl (C=O) groups is 1. The van der Waals surface area contributed by atoms with Crippen molar-refractivity contribution < 1.29 is 22.4 Å². The Hall–Kier alpha value is -1.49. The number of alkyl halides is 3. The first-order chi connectivity index (χ1) is 10.7. The van der Waals surface area contributed by atoms with E-state index in [2.05, 4.69) is 42.3 Å². The van der Waals surface area contributed by atoms with Gasteiger partial charge in [0.1, 0.15) is 11.6 Å². The van der Waals surface area contributed by atoms with Gasteiger partial charge in [-0.3, -0.25) is 4.79 Å². The van der Waals surface area contributed by atoms with Crippen LogP contribution in [0.2, 0.25) is 0 Å². The molecule has 23 heavy (non-hydrogen) atoms. The zero-order valence-corrected chi connectivity index (χ0v) is 14.4. The maximum Gasteiger partial charge on any atom is 0.410 e. The number of furan rings is 1. The van der Waals surface area contributed by atoms with Crippen LogP contribution in [0.3, 0.4) is 0 Å². The molecule has 0 bridgehead atoms. The van der Waals surface area contributed by atoms with Gasteiger partial charge in [-0.2, -0.15) is 18.3 Å². The molecule has 0 unspecified atom stereocenters. The van der Waals surface area contributed by atoms with Crippen LogP contribution in [0.25, 0.3) is 0 Å². The maximum atomic E-state index is 13.4. The quantitative estimate of drug-likeness (QED) is 0.718. The normalized spacial score (nSPS) is 20.9. The highest BCUT2D eigenvalue weighted by Gasteiger charge is 2.48. The number of rotatable bonds is 2. The summed E-state index contributed by atoms with van der Waals surface area (Å²) < 4.78 is 46.8. The van der Waals surface area contributed by atoms with Crippen LogP contribution in [0.4, 0.5) is 19.0 Å². The summed E-state index contributed by atoms with van der Waals surface area (Å²) in [6, 6.07) is 0.533. The first-order valence-electron chi connectivity index (χ1n) is 6.34. The Morgan fingerprint density at radius 1 is 1.43 bits per heavy atom. The molecule has 3 heterocycles. The molecule has 1 amide bonds. The number of nitrogens with two attached hydrogens (primary N) is 1. The third kappa shape index (κ3) is 2.87. The van der Waals surface area contributed by atoms with E-state index in [4.69, 9.17) is 10.2 Å². The van der Waals surface area contributed by atoms with Gasteiger partial charge in [0.2, 0.25) is 0 Å². The van der Waals surface area contributed by atoms with Crippen LogP contribution in [0, 0.1) is 0 Å². The third-order valence-electron chi connectivity index (χ3n) is 3.47. The standard InChI is InChI=1S/C12H9Br2F3N4O2/c13-7-2-1-5(23-7)4-3-6(12(15,16)17)21-11(19-4)8(14)9(20-21)10(18)22/h1-2,4,6,19H,3H2,(H2,18,22)/t4-,6+/m1/s1.